The Balaban J connectivity index is 2.34. The van der Waals surface area contributed by atoms with Crippen LogP contribution in [0.3, 0.4) is 0 Å². The lowest BCUT2D eigenvalue weighted by Gasteiger charge is -2.09. The van der Waals surface area contributed by atoms with Gasteiger partial charge in [-0.1, -0.05) is 34.8 Å². The molecule has 7 heteroatoms. The van der Waals surface area contributed by atoms with Gasteiger partial charge in [-0.15, -0.1) is 0 Å². The number of carbonyl (C=O) groups is 2. The van der Waals surface area contributed by atoms with Gasteiger partial charge in [0.25, 0.3) is 0 Å². The molecule has 0 atom stereocenters. The van der Waals surface area contributed by atoms with E-state index in [0.717, 1.165) is 0 Å². The highest BCUT2D eigenvalue weighted by atomic mass is 35.5. The molecule has 4 nitrogen and oxygen atoms in total. The van der Waals surface area contributed by atoms with Crippen LogP contribution in [-0.4, -0.2) is 19.0 Å². The number of rotatable bonds is 3. The van der Waals surface area contributed by atoms with Crippen LogP contribution < -0.4 is 4.74 Å². The first kappa shape index (κ1) is 16.6. The third kappa shape index (κ3) is 3.91. The predicted octanol–water partition coefficient (Wildman–Crippen LogP) is 4.65. The summed E-state index contributed by atoms with van der Waals surface area (Å²) < 4.78 is 9.83. The molecule has 0 spiro atoms. The van der Waals surface area contributed by atoms with E-state index < -0.39 is 11.9 Å². The second-order valence-electron chi connectivity index (χ2n) is 4.18. The molecule has 0 fully saturated rings. The van der Waals surface area contributed by atoms with Crippen molar-refractivity contribution in [3.05, 3.63) is 62.6 Å². The van der Waals surface area contributed by atoms with Gasteiger partial charge >= 0.3 is 11.9 Å². The summed E-state index contributed by atoms with van der Waals surface area (Å²) >= 11 is 17.5. The maximum atomic E-state index is 12.1. The van der Waals surface area contributed by atoms with Crippen molar-refractivity contribution in [2.75, 3.05) is 7.11 Å². The van der Waals surface area contributed by atoms with Gasteiger partial charge < -0.3 is 9.47 Å². The smallest absolute Gasteiger partial charge is 0.343 e. The van der Waals surface area contributed by atoms with Crippen LogP contribution in [0.4, 0.5) is 0 Å². The van der Waals surface area contributed by atoms with Gasteiger partial charge in [0.15, 0.2) is 0 Å². The Labute approximate surface area is 141 Å². The fraction of sp³-hybridized carbons (Fsp3) is 0.0667. The zero-order valence-electron chi connectivity index (χ0n) is 11.2. The molecule has 0 amide bonds. The molecule has 0 saturated carbocycles. The monoisotopic (exact) mass is 358 g/mol. The summed E-state index contributed by atoms with van der Waals surface area (Å²) in [5, 5.41) is 0.901. The van der Waals surface area contributed by atoms with E-state index in [1.165, 1.54) is 43.5 Å². The van der Waals surface area contributed by atoms with Crippen molar-refractivity contribution < 1.29 is 19.1 Å². The maximum Gasteiger partial charge on any atom is 0.343 e. The molecule has 0 saturated heterocycles. The summed E-state index contributed by atoms with van der Waals surface area (Å²) in [6.07, 6.45) is 0. The minimum Gasteiger partial charge on any atom is -0.465 e. The van der Waals surface area contributed by atoms with Crippen LogP contribution >= 0.6 is 34.8 Å². The molecule has 2 rings (SSSR count). The molecule has 0 aliphatic rings. The average molecular weight is 360 g/mol. The van der Waals surface area contributed by atoms with Crippen LogP contribution in [0.15, 0.2) is 36.4 Å². The van der Waals surface area contributed by atoms with E-state index in [0.29, 0.717) is 15.1 Å². The number of carbonyl (C=O) groups excluding carboxylic acids is 2. The first-order chi connectivity index (χ1) is 10.4. The second-order valence-corrected chi connectivity index (χ2v) is 5.49. The standard InChI is InChI=1S/C15H9Cl3O4/c1-21-15(20)12-7-9(16)2-3-13(12)22-14(19)8-4-10(17)6-11(18)5-8/h2-7H,1H3. The highest BCUT2D eigenvalue weighted by Crippen LogP contribution is 2.26. The minimum atomic E-state index is -0.711. The number of benzene rings is 2. The van der Waals surface area contributed by atoms with Crippen molar-refractivity contribution in [1.29, 1.82) is 0 Å². The molecule has 2 aromatic rings. The molecular formula is C15H9Cl3O4. The largest absolute Gasteiger partial charge is 0.465 e. The first-order valence-corrected chi connectivity index (χ1v) is 7.10. The van der Waals surface area contributed by atoms with Gasteiger partial charge in [0, 0.05) is 15.1 Å². The normalized spacial score (nSPS) is 10.2. The van der Waals surface area contributed by atoms with E-state index in [9.17, 15) is 9.59 Å². The van der Waals surface area contributed by atoms with Crippen molar-refractivity contribution in [2.24, 2.45) is 0 Å². The Kier molecular flexibility index (Phi) is 5.29. The number of esters is 2. The Morgan fingerprint density at radius 3 is 2.09 bits per heavy atom. The van der Waals surface area contributed by atoms with Crippen LogP contribution in [0.2, 0.25) is 15.1 Å². The topological polar surface area (TPSA) is 52.6 Å². The Morgan fingerprint density at radius 2 is 1.50 bits per heavy atom. The summed E-state index contributed by atoms with van der Waals surface area (Å²) in [7, 11) is 1.21. The quantitative estimate of drug-likeness (QED) is 0.591. The number of hydrogen-bond acceptors (Lipinski definition) is 4. The minimum absolute atomic E-state index is 0.0253. The van der Waals surface area contributed by atoms with Crippen molar-refractivity contribution in [1.82, 2.24) is 0 Å². The number of hydrogen-bond donors (Lipinski definition) is 0. The van der Waals surface area contributed by atoms with Crippen LogP contribution in [-0.2, 0) is 4.74 Å². The molecule has 114 valence electrons. The predicted molar refractivity (Wildman–Crippen MR) is 84.2 cm³/mol. The van der Waals surface area contributed by atoms with Crippen LogP contribution in [0, 0.1) is 0 Å². The molecular weight excluding hydrogens is 351 g/mol. The molecule has 0 aliphatic carbocycles. The third-order valence-corrected chi connectivity index (χ3v) is 3.32. The lowest BCUT2D eigenvalue weighted by atomic mass is 10.2. The fourth-order valence-electron chi connectivity index (χ4n) is 1.69. The van der Waals surface area contributed by atoms with E-state index in [1.54, 1.807) is 0 Å². The first-order valence-electron chi connectivity index (χ1n) is 5.97. The molecule has 0 aromatic heterocycles. The number of methoxy groups -OCH3 is 1. The van der Waals surface area contributed by atoms with E-state index >= 15 is 0 Å². The number of halogens is 3. The van der Waals surface area contributed by atoms with Gasteiger partial charge in [-0.3, -0.25) is 0 Å². The lowest BCUT2D eigenvalue weighted by Crippen LogP contribution is -2.12. The van der Waals surface area contributed by atoms with Crippen LogP contribution in [0.1, 0.15) is 20.7 Å². The van der Waals surface area contributed by atoms with E-state index in [4.69, 9.17) is 39.5 Å². The van der Waals surface area contributed by atoms with Crippen molar-refractivity contribution >= 4 is 46.7 Å². The molecule has 22 heavy (non-hydrogen) atoms. The van der Waals surface area contributed by atoms with Crippen molar-refractivity contribution in [3.8, 4) is 5.75 Å². The SMILES string of the molecule is COC(=O)c1cc(Cl)ccc1OC(=O)c1cc(Cl)cc(Cl)c1. The van der Waals surface area contributed by atoms with Crippen molar-refractivity contribution in [2.45, 2.75) is 0 Å². The highest BCUT2D eigenvalue weighted by molar-refractivity contribution is 6.35. The summed E-state index contributed by atoms with van der Waals surface area (Å²) in [5.41, 5.74) is 0.194. The molecule has 2 aromatic carbocycles. The summed E-state index contributed by atoms with van der Waals surface area (Å²) in [6.45, 7) is 0. The van der Waals surface area contributed by atoms with Gasteiger partial charge in [0.1, 0.15) is 11.3 Å². The van der Waals surface area contributed by atoms with E-state index in [-0.39, 0.29) is 16.9 Å². The highest BCUT2D eigenvalue weighted by Gasteiger charge is 2.18. The molecule has 0 bridgehead atoms. The van der Waals surface area contributed by atoms with E-state index in [2.05, 4.69) is 4.74 Å². The van der Waals surface area contributed by atoms with E-state index in [1.807, 2.05) is 0 Å². The van der Waals surface area contributed by atoms with Gasteiger partial charge in [-0.25, -0.2) is 9.59 Å². The maximum absolute atomic E-state index is 12.1. The van der Waals surface area contributed by atoms with Gasteiger partial charge in [0.2, 0.25) is 0 Å². The lowest BCUT2D eigenvalue weighted by molar-refractivity contribution is 0.0593. The second kappa shape index (κ2) is 7.01. The summed E-state index contributed by atoms with van der Waals surface area (Å²) in [5.74, 6) is -1.36. The Morgan fingerprint density at radius 1 is 0.864 bits per heavy atom. The number of ether oxygens (including phenoxy) is 2. The fourth-order valence-corrected chi connectivity index (χ4v) is 2.39. The summed E-state index contributed by atoms with van der Waals surface area (Å²) in [6, 6.07) is 8.54. The molecule has 0 heterocycles. The van der Waals surface area contributed by atoms with Gasteiger partial charge in [-0.05, 0) is 36.4 Å². The zero-order valence-corrected chi connectivity index (χ0v) is 13.5. The summed E-state index contributed by atoms with van der Waals surface area (Å²) in [4.78, 5) is 23.8. The van der Waals surface area contributed by atoms with Crippen LogP contribution in [0.25, 0.3) is 0 Å². The zero-order chi connectivity index (χ0) is 16.3. The van der Waals surface area contributed by atoms with Gasteiger partial charge in [-0.2, -0.15) is 0 Å². The Hall–Kier alpha value is -1.75. The molecule has 0 radical (unpaired) electrons. The molecule has 0 aliphatic heterocycles. The molecule has 0 N–H and O–H groups in total. The third-order valence-electron chi connectivity index (χ3n) is 2.65. The van der Waals surface area contributed by atoms with Crippen LogP contribution in [0.5, 0.6) is 5.75 Å². The molecule has 0 unspecified atom stereocenters. The van der Waals surface area contributed by atoms with Crippen molar-refractivity contribution in [3.63, 3.8) is 0 Å². The Bertz CT molecular complexity index is 723. The van der Waals surface area contributed by atoms with Gasteiger partial charge in [0.05, 0.1) is 12.7 Å². The average Bonchev–Trinajstić information content (AvgIpc) is 2.47.